The van der Waals surface area contributed by atoms with Crippen LogP contribution in [0.1, 0.15) is 26.3 Å². The zero-order chi connectivity index (χ0) is 14.4. The molecule has 2 aliphatic rings. The average molecular weight is 267 g/mol. The van der Waals surface area contributed by atoms with Gasteiger partial charge < -0.3 is 5.32 Å². The first-order valence-corrected chi connectivity index (χ1v) is 7.11. The van der Waals surface area contributed by atoms with E-state index < -0.39 is 0 Å². The quantitative estimate of drug-likeness (QED) is 0.871. The molecule has 0 saturated carbocycles. The highest BCUT2D eigenvalue weighted by Crippen LogP contribution is 2.23. The third-order valence-corrected chi connectivity index (χ3v) is 3.21. The van der Waals surface area contributed by atoms with Gasteiger partial charge in [0.25, 0.3) is 0 Å². The zero-order valence-corrected chi connectivity index (χ0v) is 12.3. The van der Waals surface area contributed by atoms with Crippen molar-refractivity contribution in [3.8, 4) is 0 Å². The Balaban J connectivity index is 0.000000704. The summed E-state index contributed by atoms with van der Waals surface area (Å²) in [6.07, 6.45) is 6.00. The van der Waals surface area contributed by atoms with E-state index in [0.717, 1.165) is 11.5 Å². The minimum atomic E-state index is 0.306. The minimum absolute atomic E-state index is 0.306. The average Bonchev–Trinajstić information content (AvgIpc) is 2.90. The molecule has 3 nitrogen and oxygen atoms in total. The van der Waals surface area contributed by atoms with E-state index in [0.29, 0.717) is 12.5 Å². The molecule has 1 N–H and O–H groups in total. The van der Waals surface area contributed by atoms with Crippen LogP contribution in [0.3, 0.4) is 0 Å². The standard InChI is InChI=1S/C15H15N3.C2H6/c1-11-9-17-14-13(11)7-8-16-15(14)18-10-12-5-3-2-4-6-12;1-2/h2-9,13H,10H2,1H3,(H,16,18);1-2H3. The minimum Gasteiger partial charge on any atom is -0.346 e. The van der Waals surface area contributed by atoms with Crippen molar-refractivity contribution in [2.45, 2.75) is 27.3 Å². The van der Waals surface area contributed by atoms with E-state index in [-0.39, 0.29) is 0 Å². The highest BCUT2D eigenvalue weighted by atomic mass is 15.0. The second-order valence-electron chi connectivity index (χ2n) is 4.52. The highest BCUT2D eigenvalue weighted by Gasteiger charge is 2.26. The molecule has 0 aromatic heterocycles. The van der Waals surface area contributed by atoms with E-state index in [1.54, 1.807) is 0 Å². The molecule has 1 aromatic carbocycles. The fraction of sp³-hybridized carbons (Fsp3) is 0.294. The molecule has 0 radical (unpaired) electrons. The summed E-state index contributed by atoms with van der Waals surface area (Å²) < 4.78 is 0. The number of nitrogens with zero attached hydrogens (tertiary/aromatic N) is 2. The number of hydrogen-bond acceptors (Lipinski definition) is 2. The third kappa shape index (κ3) is 3.05. The second-order valence-corrected chi connectivity index (χ2v) is 4.52. The Kier molecular flexibility index (Phi) is 4.88. The Labute approximate surface area is 120 Å². The van der Waals surface area contributed by atoms with Gasteiger partial charge in [-0.1, -0.05) is 50.3 Å². The largest absolute Gasteiger partial charge is 0.346 e. The summed E-state index contributed by atoms with van der Waals surface area (Å²) in [5.41, 5.74) is 3.52. The van der Waals surface area contributed by atoms with E-state index in [2.05, 4.69) is 40.4 Å². The lowest BCUT2D eigenvalue weighted by molar-refractivity contribution is 0.990. The van der Waals surface area contributed by atoms with Crippen molar-refractivity contribution in [3.05, 3.63) is 59.9 Å². The Hall–Kier alpha value is -2.16. The summed E-state index contributed by atoms with van der Waals surface area (Å²) in [6, 6.07) is 10.2. The molecule has 0 saturated heterocycles. The summed E-state index contributed by atoms with van der Waals surface area (Å²) >= 11 is 0. The Morgan fingerprint density at radius 1 is 1.20 bits per heavy atom. The highest BCUT2D eigenvalue weighted by molar-refractivity contribution is 6.44. The molecule has 0 amide bonds. The number of amidine groups is 1. The lowest BCUT2D eigenvalue weighted by Crippen LogP contribution is -2.35. The Morgan fingerprint density at radius 3 is 2.70 bits per heavy atom. The van der Waals surface area contributed by atoms with Crippen LogP contribution in [0, 0.1) is 5.92 Å². The maximum absolute atomic E-state index is 4.62. The molecular formula is C17H21N3. The van der Waals surface area contributed by atoms with Crippen LogP contribution in [0.5, 0.6) is 0 Å². The molecule has 2 heterocycles. The van der Waals surface area contributed by atoms with Crippen LogP contribution >= 0.6 is 0 Å². The molecule has 0 fully saturated rings. The topological polar surface area (TPSA) is 36.8 Å². The monoisotopic (exact) mass is 267 g/mol. The first-order valence-electron chi connectivity index (χ1n) is 7.11. The molecule has 2 aliphatic heterocycles. The summed E-state index contributed by atoms with van der Waals surface area (Å²) in [4.78, 5) is 9.06. The van der Waals surface area contributed by atoms with Crippen LogP contribution in [-0.4, -0.2) is 11.5 Å². The molecule has 0 bridgehead atoms. The summed E-state index contributed by atoms with van der Waals surface area (Å²) in [5.74, 6) is 1.19. The molecule has 0 spiro atoms. The van der Waals surface area contributed by atoms with Crippen LogP contribution < -0.4 is 5.32 Å². The van der Waals surface area contributed by atoms with Crippen molar-refractivity contribution in [1.82, 2.24) is 5.32 Å². The van der Waals surface area contributed by atoms with Gasteiger partial charge in [0.2, 0.25) is 0 Å². The van der Waals surface area contributed by atoms with Gasteiger partial charge in [-0.25, -0.2) is 0 Å². The number of hydrogen-bond donors (Lipinski definition) is 1. The van der Waals surface area contributed by atoms with Gasteiger partial charge >= 0.3 is 0 Å². The molecule has 1 aromatic rings. The zero-order valence-electron chi connectivity index (χ0n) is 12.3. The first-order chi connectivity index (χ1) is 9.84. The van der Waals surface area contributed by atoms with Gasteiger partial charge in [0.1, 0.15) is 5.84 Å². The molecule has 104 valence electrons. The van der Waals surface area contributed by atoms with E-state index in [1.165, 1.54) is 11.1 Å². The van der Waals surface area contributed by atoms with Crippen molar-refractivity contribution in [2.24, 2.45) is 15.9 Å². The van der Waals surface area contributed by atoms with E-state index in [4.69, 9.17) is 0 Å². The fourth-order valence-corrected chi connectivity index (χ4v) is 2.18. The maximum Gasteiger partial charge on any atom is 0.148 e. The van der Waals surface area contributed by atoms with Gasteiger partial charge in [-0.3, -0.25) is 9.98 Å². The van der Waals surface area contributed by atoms with Gasteiger partial charge in [-0.2, -0.15) is 0 Å². The van der Waals surface area contributed by atoms with E-state index >= 15 is 0 Å². The second kappa shape index (κ2) is 6.85. The van der Waals surface area contributed by atoms with Gasteiger partial charge in [0.15, 0.2) is 0 Å². The predicted molar refractivity (Wildman–Crippen MR) is 85.9 cm³/mol. The predicted octanol–water partition coefficient (Wildman–Crippen LogP) is 3.70. The molecule has 0 aliphatic carbocycles. The maximum atomic E-state index is 4.62. The molecule has 1 atom stereocenters. The number of allylic oxidation sites excluding steroid dienone is 2. The van der Waals surface area contributed by atoms with Crippen molar-refractivity contribution in [2.75, 3.05) is 0 Å². The van der Waals surface area contributed by atoms with Crippen LogP contribution in [-0.2, 0) is 6.54 Å². The number of fused-ring (bicyclic) bond motifs is 1. The Bertz CT molecular complexity index is 565. The summed E-state index contributed by atoms with van der Waals surface area (Å²) in [6.45, 7) is 6.79. The smallest absolute Gasteiger partial charge is 0.148 e. The molecule has 1 unspecified atom stereocenters. The number of aliphatic imine (C=N–C) groups is 2. The van der Waals surface area contributed by atoms with E-state index in [9.17, 15) is 0 Å². The van der Waals surface area contributed by atoms with Crippen LogP contribution in [0.4, 0.5) is 0 Å². The van der Waals surface area contributed by atoms with Gasteiger partial charge in [0.05, 0.1) is 12.3 Å². The number of rotatable bonds is 2. The fourth-order valence-electron chi connectivity index (χ4n) is 2.18. The van der Waals surface area contributed by atoms with Crippen molar-refractivity contribution in [1.29, 1.82) is 0 Å². The molecule has 20 heavy (non-hydrogen) atoms. The van der Waals surface area contributed by atoms with Crippen LogP contribution in [0.2, 0.25) is 0 Å². The van der Waals surface area contributed by atoms with E-state index in [1.807, 2.05) is 44.4 Å². The van der Waals surface area contributed by atoms with Gasteiger partial charge in [-0.15, -0.1) is 0 Å². The number of nitrogens with one attached hydrogen (secondary N) is 1. The lowest BCUT2D eigenvalue weighted by Gasteiger charge is -2.18. The molecular weight excluding hydrogens is 246 g/mol. The van der Waals surface area contributed by atoms with Gasteiger partial charge in [0, 0.05) is 12.1 Å². The Morgan fingerprint density at radius 2 is 1.95 bits per heavy atom. The summed E-state index contributed by atoms with van der Waals surface area (Å²) in [7, 11) is 0. The number of benzene rings is 1. The van der Waals surface area contributed by atoms with Crippen molar-refractivity contribution < 1.29 is 0 Å². The lowest BCUT2D eigenvalue weighted by atomic mass is 9.95. The molecule has 3 rings (SSSR count). The van der Waals surface area contributed by atoms with Crippen LogP contribution in [0.15, 0.2) is 64.4 Å². The normalized spacial score (nSPS) is 21.4. The van der Waals surface area contributed by atoms with Crippen LogP contribution in [0.25, 0.3) is 0 Å². The van der Waals surface area contributed by atoms with Crippen molar-refractivity contribution >= 4 is 11.5 Å². The third-order valence-electron chi connectivity index (χ3n) is 3.21. The summed E-state index contributed by atoms with van der Waals surface area (Å²) in [5, 5.41) is 3.19. The van der Waals surface area contributed by atoms with Crippen molar-refractivity contribution in [3.63, 3.8) is 0 Å². The van der Waals surface area contributed by atoms with Gasteiger partial charge in [-0.05, 0) is 24.3 Å². The SMILES string of the molecule is CC.CC1=CN=C2C(=NCc3ccccc3)NC=CC12. The first kappa shape index (κ1) is 14.3. The molecule has 3 heteroatoms.